The van der Waals surface area contributed by atoms with Crippen LogP contribution >= 0.6 is 0 Å². The van der Waals surface area contributed by atoms with E-state index in [2.05, 4.69) is 4.90 Å². The largest absolute Gasteiger partial charge is 0.329 e. The van der Waals surface area contributed by atoms with Gasteiger partial charge >= 0.3 is 0 Å². The summed E-state index contributed by atoms with van der Waals surface area (Å²) in [6, 6.07) is 0.675. The van der Waals surface area contributed by atoms with E-state index in [0.29, 0.717) is 6.04 Å². The molecule has 122 valence electrons. The van der Waals surface area contributed by atoms with Crippen LogP contribution in [0.2, 0.25) is 0 Å². The van der Waals surface area contributed by atoms with Gasteiger partial charge in [-0.3, -0.25) is 4.90 Å². The van der Waals surface area contributed by atoms with Gasteiger partial charge < -0.3 is 5.73 Å². The van der Waals surface area contributed by atoms with Crippen LogP contribution in [0.4, 0.5) is 0 Å². The molecule has 0 amide bonds. The second kappa shape index (κ2) is 7.46. The fourth-order valence-corrected chi connectivity index (χ4v) is 5.37. The fourth-order valence-electron chi connectivity index (χ4n) is 5.37. The number of likely N-dealkylation sites (tertiary alicyclic amines) is 1. The van der Waals surface area contributed by atoms with Crippen LogP contribution in [0.15, 0.2) is 0 Å². The van der Waals surface area contributed by atoms with Gasteiger partial charge in [0.2, 0.25) is 0 Å². The summed E-state index contributed by atoms with van der Waals surface area (Å²) in [5.74, 6) is 0.970. The molecular formula is C19H36N2. The average Bonchev–Trinajstić information content (AvgIpc) is 2.55. The third-order valence-electron chi connectivity index (χ3n) is 6.89. The normalized spacial score (nSPS) is 29.6. The van der Waals surface area contributed by atoms with E-state index in [1.165, 1.54) is 96.6 Å². The van der Waals surface area contributed by atoms with E-state index in [9.17, 15) is 0 Å². The molecule has 2 nitrogen and oxygen atoms in total. The summed E-state index contributed by atoms with van der Waals surface area (Å²) in [6.45, 7) is 3.53. The van der Waals surface area contributed by atoms with Crippen LogP contribution in [-0.2, 0) is 0 Å². The van der Waals surface area contributed by atoms with Crippen molar-refractivity contribution in [2.24, 2.45) is 17.1 Å². The summed E-state index contributed by atoms with van der Waals surface area (Å²) < 4.78 is 0. The molecule has 0 aromatic carbocycles. The van der Waals surface area contributed by atoms with Gasteiger partial charge in [0, 0.05) is 12.6 Å². The molecule has 21 heavy (non-hydrogen) atoms. The zero-order valence-corrected chi connectivity index (χ0v) is 14.0. The van der Waals surface area contributed by atoms with Crippen LogP contribution < -0.4 is 5.73 Å². The topological polar surface area (TPSA) is 29.3 Å². The summed E-state index contributed by atoms with van der Waals surface area (Å²) in [7, 11) is 0. The predicted molar refractivity (Wildman–Crippen MR) is 90.4 cm³/mol. The van der Waals surface area contributed by atoms with Crippen molar-refractivity contribution >= 4 is 0 Å². The van der Waals surface area contributed by atoms with Crippen LogP contribution in [0.1, 0.15) is 83.5 Å². The second-order valence-electron chi connectivity index (χ2n) is 8.23. The van der Waals surface area contributed by atoms with Crippen molar-refractivity contribution < 1.29 is 0 Å². The van der Waals surface area contributed by atoms with Crippen molar-refractivity contribution in [1.29, 1.82) is 0 Å². The molecule has 2 heteroatoms. The Morgan fingerprint density at radius 1 is 0.857 bits per heavy atom. The molecule has 1 spiro atoms. The highest BCUT2D eigenvalue weighted by molar-refractivity contribution is 4.90. The van der Waals surface area contributed by atoms with Gasteiger partial charge in [0.1, 0.15) is 0 Å². The molecule has 2 aliphatic carbocycles. The van der Waals surface area contributed by atoms with Gasteiger partial charge in [0.25, 0.3) is 0 Å². The summed E-state index contributed by atoms with van der Waals surface area (Å²) in [4.78, 5) is 2.76. The Morgan fingerprint density at radius 3 is 2.10 bits per heavy atom. The van der Waals surface area contributed by atoms with Gasteiger partial charge in [-0.25, -0.2) is 0 Å². The second-order valence-corrected chi connectivity index (χ2v) is 8.23. The fraction of sp³-hybridized carbons (Fsp3) is 1.00. The van der Waals surface area contributed by atoms with E-state index in [-0.39, 0.29) is 0 Å². The molecule has 1 saturated heterocycles. The Balaban J connectivity index is 1.49. The number of nitrogens with zero attached hydrogens (tertiary/aromatic N) is 1. The first-order chi connectivity index (χ1) is 10.3. The molecule has 1 unspecified atom stereocenters. The maximum Gasteiger partial charge on any atom is 0.0221 e. The van der Waals surface area contributed by atoms with Crippen molar-refractivity contribution in [2.75, 3.05) is 19.6 Å². The van der Waals surface area contributed by atoms with E-state index in [4.69, 9.17) is 5.73 Å². The zero-order chi connectivity index (χ0) is 14.5. The number of rotatable bonds is 4. The smallest absolute Gasteiger partial charge is 0.0221 e. The van der Waals surface area contributed by atoms with Gasteiger partial charge in [-0.1, -0.05) is 51.4 Å². The highest BCUT2D eigenvalue weighted by atomic mass is 15.2. The molecule has 0 aromatic heterocycles. The molecule has 1 atom stereocenters. The lowest BCUT2D eigenvalue weighted by Gasteiger charge is -2.47. The van der Waals surface area contributed by atoms with Gasteiger partial charge in [0.15, 0.2) is 0 Å². The van der Waals surface area contributed by atoms with Crippen LogP contribution in [0.25, 0.3) is 0 Å². The van der Waals surface area contributed by atoms with Gasteiger partial charge in [-0.2, -0.15) is 0 Å². The first-order valence-corrected chi connectivity index (χ1v) is 9.75. The van der Waals surface area contributed by atoms with Crippen molar-refractivity contribution in [3.63, 3.8) is 0 Å². The molecule has 3 fully saturated rings. The molecule has 2 N–H and O–H groups in total. The summed E-state index contributed by atoms with van der Waals surface area (Å²) in [5, 5.41) is 0. The number of hydrogen-bond acceptors (Lipinski definition) is 2. The van der Waals surface area contributed by atoms with Crippen molar-refractivity contribution in [3.05, 3.63) is 0 Å². The summed E-state index contributed by atoms with van der Waals surface area (Å²) in [5.41, 5.74) is 6.88. The van der Waals surface area contributed by atoms with E-state index in [0.717, 1.165) is 17.9 Å². The lowest BCUT2D eigenvalue weighted by atomic mass is 9.68. The van der Waals surface area contributed by atoms with Crippen molar-refractivity contribution in [2.45, 2.75) is 89.5 Å². The van der Waals surface area contributed by atoms with E-state index >= 15 is 0 Å². The first kappa shape index (κ1) is 15.8. The lowest BCUT2D eigenvalue weighted by Crippen LogP contribution is -2.49. The Hall–Kier alpha value is -0.0800. The Morgan fingerprint density at radius 2 is 1.48 bits per heavy atom. The van der Waals surface area contributed by atoms with Crippen molar-refractivity contribution in [1.82, 2.24) is 4.90 Å². The minimum absolute atomic E-state index is 0.675. The number of nitrogens with two attached hydrogens (primary N) is 1. The predicted octanol–water partition coefficient (Wildman–Crippen LogP) is 4.33. The van der Waals surface area contributed by atoms with Gasteiger partial charge in [0.05, 0.1) is 0 Å². The maximum absolute atomic E-state index is 6.15. The third kappa shape index (κ3) is 4.01. The molecule has 1 aliphatic heterocycles. The molecule has 1 heterocycles. The standard InChI is InChI=1S/C19H36N2/c20-16-18(15-17-7-3-1-4-8-17)21-13-11-19(12-14-21)9-5-2-6-10-19/h17-18H,1-16,20H2. The number of piperidine rings is 1. The van der Waals surface area contributed by atoms with E-state index in [1.54, 1.807) is 0 Å². The van der Waals surface area contributed by atoms with Crippen LogP contribution in [-0.4, -0.2) is 30.6 Å². The molecule has 3 rings (SSSR count). The van der Waals surface area contributed by atoms with Crippen molar-refractivity contribution in [3.8, 4) is 0 Å². The monoisotopic (exact) mass is 292 g/mol. The molecule has 0 aromatic rings. The summed E-state index contributed by atoms with van der Waals surface area (Å²) in [6.07, 6.45) is 19.1. The Bertz CT molecular complexity index is 293. The van der Waals surface area contributed by atoms with Crippen LogP contribution in [0.5, 0.6) is 0 Å². The lowest BCUT2D eigenvalue weighted by molar-refractivity contribution is 0.0389. The number of hydrogen-bond donors (Lipinski definition) is 1. The minimum atomic E-state index is 0.675. The highest BCUT2D eigenvalue weighted by Gasteiger charge is 2.37. The Kier molecular flexibility index (Phi) is 5.61. The van der Waals surface area contributed by atoms with Gasteiger partial charge in [-0.05, 0) is 56.5 Å². The minimum Gasteiger partial charge on any atom is -0.329 e. The summed E-state index contributed by atoms with van der Waals surface area (Å²) >= 11 is 0. The highest BCUT2D eigenvalue weighted by Crippen LogP contribution is 2.45. The molecule has 3 aliphatic rings. The van der Waals surface area contributed by atoms with E-state index in [1.807, 2.05) is 0 Å². The Labute approximate surface area is 131 Å². The first-order valence-electron chi connectivity index (χ1n) is 9.75. The van der Waals surface area contributed by atoms with Gasteiger partial charge in [-0.15, -0.1) is 0 Å². The molecule has 0 radical (unpaired) electrons. The average molecular weight is 293 g/mol. The van der Waals surface area contributed by atoms with Crippen LogP contribution in [0, 0.1) is 11.3 Å². The zero-order valence-electron chi connectivity index (χ0n) is 14.0. The van der Waals surface area contributed by atoms with E-state index < -0.39 is 0 Å². The van der Waals surface area contributed by atoms with Crippen LogP contribution in [0.3, 0.4) is 0 Å². The quantitative estimate of drug-likeness (QED) is 0.835. The SMILES string of the molecule is NCC(CC1CCCCC1)N1CCC2(CCCCC2)CC1. The molecule has 0 bridgehead atoms. The molecular weight excluding hydrogens is 256 g/mol. The molecule has 2 saturated carbocycles. The maximum atomic E-state index is 6.15. The third-order valence-corrected chi connectivity index (χ3v) is 6.89.